The molecule has 0 radical (unpaired) electrons. The maximum absolute atomic E-state index is 12.2. The van der Waals surface area contributed by atoms with Crippen molar-refractivity contribution in [2.75, 3.05) is 13.7 Å². The summed E-state index contributed by atoms with van der Waals surface area (Å²) in [6.45, 7) is 6.42. The second-order valence-electron chi connectivity index (χ2n) is 5.32. The lowest BCUT2D eigenvalue weighted by atomic mass is 9.98. The van der Waals surface area contributed by atoms with Gasteiger partial charge in [-0.25, -0.2) is 4.98 Å². The van der Waals surface area contributed by atoms with Gasteiger partial charge in [-0.1, -0.05) is 13.8 Å². The topological polar surface area (TPSA) is 48.4 Å². The fourth-order valence-corrected chi connectivity index (χ4v) is 3.31. The molecular formula is C16H21NO3S. The Morgan fingerprint density at radius 2 is 2.14 bits per heavy atom. The minimum atomic E-state index is -0.284. The van der Waals surface area contributed by atoms with Crippen LogP contribution in [0.3, 0.4) is 0 Å². The van der Waals surface area contributed by atoms with Crippen LogP contribution >= 0.6 is 11.3 Å². The van der Waals surface area contributed by atoms with Crippen LogP contribution in [0.15, 0.2) is 18.2 Å². The van der Waals surface area contributed by atoms with Crippen LogP contribution in [-0.4, -0.2) is 24.7 Å². The predicted molar refractivity (Wildman–Crippen MR) is 85.0 cm³/mol. The molecule has 21 heavy (non-hydrogen) atoms. The smallest absolute Gasteiger partial charge is 0.315 e. The van der Waals surface area contributed by atoms with Crippen molar-refractivity contribution in [3.63, 3.8) is 0 Å². The summed E-state index contributed by atoms with van der Waals surface area (Å²) in [6, 6.07) is 5.76. The molecule has 0 fully saturated rings. The van der Waals surface area contributed by atoms with E-state index in [9.17, 15) is 4.79 Å². The molecular weight excluding hydrogens is 286 g/mol. The number of carbonyl (C=O) groups excluding carboxylic acids is 1. The Labute approximate surface area is 129 Å². The van der Waals surface area contributed by atoms with E-state index in [1.807, 2.05) is 25.1 Å². The Morgan fingerprint density at radius 1 is 1.38 bits per heavy atom. The number of hydrogen-bond donors (Lipinski definition) is 0. The van der Waals surface area contributed by atoms with E-state index in [4.69, 9.17) is 9.47 Å². The van der Waals surface area contributed by atoms with Gasteiger partial charge in [0, 0.05) is 0 Å². The van der Waals surface area contributed by atoms with Gasteiger partial charge >= 0.3 is 5.97 Å². The summed E-state index contributed by atoms with van der Waals surface area (Å²) in [6.07, 6.45) is 0.746. The number of methoxy groups -OCH3 is 1. The third kappa shape index (κ3) is 3.73. The zero-order chi connectivity index (χ0) is 15.4. The predicted octanol–water partition coefficient (Wildman–Crippen LogP) is 4.00. The van der Waals surface area contributed by atoms with E-state index < -0.39 is 0 Å². The number of thiazole rings is 1. The average Bonchev–Trinajstić information content (AvgIpc) is 2.87. The molecule has 1 aromatic heterocycles. The Morgan fingerprint density at radius 3 is 2.76 bits per heavy atom. The number of fused-ring (bicyclic) bond motifs is 1. The minimum Gasteiger partial charge on any atom is -0.497 e. The van der Waals surface area contributed by atoms with Crippen molar-refractivity contribution in [2.24, 2.45) is 5.92 Å². The van der Waals surface area contributed by atoms with Crippen molar-refractivity contribution in [3.05, 3.63) is 23.2 Å². The Balaban J connectivity index is 2.36. The van der Waals surface area contributed by atoms with E-state index in [0.717, 1.165) is 27.4 Å². The van der Waals surface area contributed by atoms with Crippen LogP contribution < -0.4 is 4.74 Å². The van der Waals surface area contributed by atoms with Gasteiger partial charge in [-0.2, -0.15) is 0 Å². The van der Waals surface area contributed by atoms with Gasteiger partial charge in [-0.15, -0.1) is 11.3 Å². The number of benzene rings is 1. The summed E-state index contributed by atoms with van der Waals surface area (Å²) < 4.78 is 11.5. The van der Waals surface area contributed by atoms with Crippen molar-refractivity contribution in [1.29, 1.82) is 0 Å². The summed E-state index contributed by atoms with van der Waals surface area (Å²) in [4.78, 5) is 16.8. The lowest BCUT2D eigenvalue weighted by molar-refractivity contribution is -0.145. The molecule has 1 heterocycles. The highest BCUT2D eigenvalue weighted by Crippen LogP contribution is 2.33. The first-order chi connectivity index (χ1) is 10.0. The lowest BCUT2D eigenvalue weighted by Gasteiger charge is -2.14. The maximum Gasteiger partial charge on any atom is 0.315 e. The summed E-state index contributed by atoms with van der Waals surface area (Å²) >= 11 is 1.54. The normalized spacial score (nSPS) is 12.6. The molecule has 1 aromatic carbocycles. The summed E-state index contributed by atoms with van der Waals surface area (Å²) in [5.41, 5.74) is 0.897. The molecule has 0 saturated heterocycles. The highest BCUT2D eigenvalue weighted by Gasteiger charge is 2.26. The number of rotatable bonds is 6. The van der Waals surface area contributed by atoms with Crippen molar-refractivity contribution >= 4 is 27.5 Å². The number of aromatic nitrogens is 1. The van der Waals surface area contributed by atoms with E-state index in [2.05, 4.69) is 18.8 Å². The van der Waals surface area contributed by atoms with Crippen LogP contribution in [0.1, 0.15) is 38.1 Å². The van der Waals surface area contributed by atoms with Gasteiger partial charge in [0.2, 0.25) is 0 Å². The van der Waals surface area contributed by atoms with Gasteiger partial charge in [-0.05, 0) is 37.5 Å². The highest BCUT2D eigenvalue weighted by molar-refractivity contribution is 7.18. The summed E-state index contributed by atoms with van der Waals surface area (Å²) in [7, 11) is 1.64. The first-order valence-electron chi connectivity index (χ1n) is 7.16. The molecule has 0 amide bonds. The zero-order valence-corrected chi connectivity index (χ0v) is 13.7. The first kappa shape index (κ1) is 15.8. The number of nitrogens with zero attached hydrogens (tertiary/aromatic N) is 1. The van der Waals surface area contributed by atoms with Crippen LogP contribution in [0, 0.1) is 5.92 Å². The molecule has 1 unspecified atom stereocenters. The van der Waals surface area contributed by atoms with E-state index in [0.29, 0.717) is 12.5 Å². The lowest BCUT2D eigenvalue weighted by Crippen LogP contribution is -2.17. The van der Waals surface area contributed by atoms with Crippen LogP contribution in [0.5, 0.6) is 5.75 Å². The quantitative estimate of drug-likeness (QED) is 0.757. The van der Waals surface area contributed by atoms with E-state index in [1.54, 1.807) is 7.11 Å². The van der Waals surface area contributed by atoms with Gasteiger partial charge in [0.25, 0.3) is 0 Å². The minimum absolute atomic E-state index is 0.183. The van der Waals surface area contributed by atoms with Gasteiger partial charge in [0.1, 0.15) is 16.7 Å². The molecule has 0 aliphatic rings. The van der Waals surface area contributed by atoms with Crippen molar-refractivity contribution in [1.82, 2.24) is 4.98 Å². The molecule has 5 heteroatoms. The van der Waals surface area contributed by atoms with Crippen molar-refractivity contribution in [2.45, 2.75) is 33.1 Å². The van der Waals surface area contributed by atoms with Crippen LogP contribution in [0.25, 0.3) is 10.2 Å². The Kier molecular flexibility index (Phi) is 5.17. The molecule has 0 N–H and O–H groups in total. The monoisotopic (exact) mass is 307 g/mol. The number of ether oxygens (including phenoxy) is 2. The molecule has 4 nitrogen and oxygen atoms in total. The van der Waals surface area contributed by atoms with Crippen LogP contribution in [0.2, 0.25) is 0 Å². The molecule has 0 aliphatic heterocycles. The third-order valence-corrected chi connectivity index (χ3v) is 4.32. The maximum atomic E-state index is 12.2. The van der Waals surface area contributed by atoms with Gasteiger partial charge in [-0.3, -0.25) is 4.79 Å². The standard InChI is InChI=1S/C16H21NO3S/c1-5-20-16(18)12(8-10(2)3)15-17-13-7-6-11(19-4)9-14(13)21-15/h6-7,9-10,12H,5,8H2,1-4H3. The van der Waals surface area contributed by atoms with Gasteiger partial charge < -0.3 is 9.47 Å². The first-order valence-corrected chi connectivity index (χ1v) is 7.97. The zero-order valence-electron chi connectivity index (χ0n) is 12.9. The fraction of sp³-hybridized carbons (Fsp3) is 0.500. The van der Waals surface area contributed by atoms with Gasteiger partial charge in [0.15, 0.2) is 0 Å². The van der Waals surface area contributed by atoms with Gasteiger partial charge in [0.05, 0.1) is 23.9 Å². The van der Waals surface area contributed by atoms with E-state index in [1.165, 1.54) is 11.3 Å². The second kappa shape index (κ2) is 6.89. The molecule has 1 atom stereocenters. The van der Waals surface area contributed by atoms with Crippen LogP contribution in [0.4, 0.5) is 0 Å². The molecule has 0 bridgehead atoms. The Hall–Kier alpha value is -1.62. The summed E-state index contributed by atoms with van der Waals surface area (Å²) in [5.74, 6) is 0.737. The average molecular weight is 307 g/mol. The molecule has 2 aromatic rings. The number of esters is 1. The number of carbonyl (C=O) groups is 1. The highest BCUT2D eigenvalue weighted by atomic mass is 32.1. The third-order valence-electron chi connectivity index (χ3n) is 3.19. The van der Waals surface area contributed by atoms with Crippen LogP contribution in [-0.2, 0) is 9.53 Å². The molecule has 0 spiro atoms. The molecule has 2 rings (SSSR count). The van der Waals surface area contributed by atoms with E-state index in [-0.39, 0.29) is 11.9 Å². The van der Waals surface area contributed by atoms with E-state index >= 15 is 0 Å². The largest absolute Gasteiger partial charge is 0.497 e. The SMILES string of the molecule is CCOC(=O)C(CC(C)C)c1nc2ccc(OC)cc2s1. The summed E-state index contributed by atoms with van der Waals surface area (Å²) in [5, 5.41) is 0.824. The second-order valence-corrected chi connectivity index (χ2v) is 6.38. The number of hydrogen-bond acceptors (Lipinski definition) is 5. The van der Waals surface area contributed by atoms with Crippen molar-refractivity contribution in [3.8, 4) is 5.75 Å². The Bertz CT molecular complexity index is 621. The van der Waals surface area contributed by atoms with Crippen molar-refractivity contribution < 1.29 is 14.3 Å². The molecule has 0 saturated carbocycles. The molecule has 114 valence electrons. The fourth-order valence-electron chi connectivity index (χ4n) is 2.21. The molecule has 0 aliphatic carbocycles.